The number of fused-ring (bicyclic) bond motifs is 1. The number of nitro groups is 1. The number of hydrogen-bond donors (Lipinski definition) is 2. The number of carbonyl (C=O) groups is 3. The SMILES string of the molecule is Cc1cc(C)cc(N2C(=O)/C(=C/c3ccc(Sc4nc5ccc(NC(=O)c6ccc(Cl)cc6)cc5s4)c([N+](=O)[O-])c3)C(=O)NC2=S)c1. The number of nitrogens with zero attached hydrogens (tertiary/aromatic N) is 3. The molecule has 1 fully saturated rings. The van der Waals surface area contributed by atoms with Gasteiger partial charge in [0.15, 0.2) is 9.45 Å². The molecule has 0 saturated carbocycles. The van der Waals surface area contributed by atoms with Crippen LogP contribution >= 0.6 is 46.9 Å². The van der Waals surface area contributed by atoms with E-state index in [1.54, 1.807) is 66.7 Å². The predicted octanol–water partition coefficient (Wildman–Crippen LogP) is 7.71. The highest BCUT2D eigenvalue weighted by molar-refractivity contribution is 8.01. The van der Waals surface area contributed by atoms with Gasteiger partial charge in [-0.3, -0.25) is 34.7 Å². The summed E-state index contributed by atoms with van der Waals surface area (Å²) in [6.07, 6.45) is 1.31. The zero-order valence-corrected chi connectivity index (χ0v) is 27.8. The number of carbonyl (C=O) groups excluding carboxylic acids is 3. The van der Waals surface area contributed by atoms with Crippen molar-refractivity contribution in [1.29, 1.82) is 0 Å². The first-order chi connectivity index (χ1) is 22.4. The van der Waals surface area contributed by atoms with Crippen molar-refractivity contribution in [3.8, 4) is 0 Å². The predicted molar refractivity (Wildman–Crippen MR) is 188 cm³/mol. The zero-order valence-electron chi connectivity index (χ0n) is 24.6. The molecule has 6 rings (SSSR count). The van der Waals surface area contributed by atoms with Gasteiger partial charge in [-0.15, -0.1) is 11.3 Å². The minimum atomic E-state index is -0.695. The summed E-state index contributed by atoms with van der Waals surface area (Å²) in [4.78, 5) is 56.7. The monoisotopic (exact) mass is 699 g/mol. The molecule has 14 heteroatoms. The first-order valence-electron chi connectivity index (χ1n) is 13.9. The van der Waals surface area contributed by atoms with Crippen molar-refractivity contribution in [3.63, 3.8) is 0 Å². The van der Waals surface area contributed by atoms with E-state index in [0.717, 1.165) is 27.6 Å². The van der Waals surface area contributed by atoms with Gasteiger partial charge in [0, 0.05) is 22.3 Å². The van der Waals surface area contributed by atoms with E-state index in [9.17, 15) is 24.5 Å². The van der Waals surface area contributed by atoms with Crippen LogP contribution in [-0.2, 0) is 9.59 Å². The van der Waals surface area contributed by atoms with Crippen LogP contribution in [0, 0.1) is 24.0 Å². The first kappa shape index (κ1) is 32.0. The van der Waals surface area contributed by atoms with Crippen LogP contribution in [0.2, 0.25) is 5.02 Å². The standard InChI is InChI=1S/C33H22ClN5O5S3/c1-17-11-18(2)13-23(12-17)38-31(42)24(30(41)37-32(38)45)14-19-3-10-27(26(15-19)39(43)44)46-33-36-25-9-8-22(16-28(25)47-33)35-29(40)20-4-6-21(34)7-5-20/h3-16H,1-2H3,(H,35,40)(H,37,41,45)/b24-14+. The van der Waals surface area contributed by atoms with Gasteiger partial charge in [0.2, 0.25) is 0 Å². The Balaban J connectivity index is 1.24. The first-order valence-corrected chi connectivity index (χ1v) is 16.3. The second-order valence-corrected chi connectivity index (χ2v) is 13.7. The quantitative estimate of drug-likeness (QED) is 0.0580. The van der Waals surface area contributed by atoms with Crippen molar-refractivity contribution in [3.05, 3.63) is 122 Å². The molecule has 1 aromatic heterocycles. The van der Waals surface area contributed by atoms with Crippen LogP contribution in [0.1, 0.15) is 27.0 Å². The fourth-order valence-electron chi connectivity index (χ4n) is 4.92. The topological polar surface area (TPSA) is 135 Å². The maximum absolute atomic E-state index is 13.5. The lowest BCUT2D eigenvalue weighted by Crippen LogP contribution is -2.54. The van der Waals surface area contributed by atoms with Crippen molar-refractivity contribution >= 4 is 103 Å². The summed E-state index contributed by atoms with van der Waals surface area (Å²) in [5.74, 6) is -1.62. The Morgan fingerprint density at radius 2 is 1.77 bits per heavy atom. The van der Waals surface area contributed by atoms with E-state index in [1.807, 2.05) is 19.9 Å². The Morgan fingerprint density at radius 1 is 1.04 bits per heavy atom. The molecule has 0 radical (unpaired) electrons. The molecule has 0 aliphatic carbocycles. The van der Waals surface area contributed by atoms with Gasteiger partial charge in [-0.25, -0.2) is 4.98 Å². The molecule has 1 saturated heterocycles. The Labute approximate surface area is 286 Å². The van der Waals surface area contributed by atoms with Gasteiger partial charge in [0.05, 0.1) is 25.7 Å². The molecule has 47 heavy (non-hydrogen) atoms. The van der Waals surface area contributed by atoms with E-state index in [2.05, 4.69) is 15.6 Å². The summed E-state index contributed by atoms with van der Waals surface area (Å²) < 4.78 is 1.33. The van der Waals surface area contributed by atoms with Crippen molar-refractivity contribution in [1.82, 2.24) is 10.3 Å². The van der Waals surface area contributed by atoms with Gasteiger partial charge in [-0.05, 0) is 109 Å². The molecule has 5 aromatic rings. The molecular formula is C33H22ClN5O5S3. The average Bonchev–Trinajstić information content (AvgIpc) is 3.41. The summed E-state index contributed by atoms with van der Waals surface area (Å²) in [6, 6.07) is 21.8. The number of anilines is 2. The normalized spacial score (nSPS) is 14.1. The summed E-state index contributed by atoms with van der Waals surface area (Å²) in [5.41, 5.74) is 3.89. The van der Waals surface area contributed by atoms with E-state index >= 15 is 0 Å². The second-order valence-electron chi connectivity index (χ2n) is 10.5. The molecular weight excluding hydrogens is 678 g/mol. The van der Waals surface area contributed by atoms with Crippen LogP contribution < -0.4 is 15.5 Å². The van der Waals surface area contributed by atoms with Crippen molar-refractivity contribution in [2.75, 3.05) is 10.2 Å². The molecule has 0 unspecified atom stereocenters. The highest BCUT2D eigenvalue weighted by Gasteiger charge is 2.35. The highest BCUT2D eigenvalue weighted by Crippen LogP contribution is 2.40. The molecule has 234 valence electrons. The summed E-state index contributed by atoms with van der Waals surface area (Å²) in [6.45, 7) is 3.77. The lowest BCUT2D eigenvalue weighted by Gasteiger charge is -2.29. The minimum Gasteiger partial charge on any atom is -0.322 e. The number of aromatic nitrogens is 1. The Morgan fingerprint density at radius 3 is 2.47 bits per heavy atom. The Hall–Kier alpha value is -4.95. The van der Waals surface area contributed by atoms with Crippen molar-refractivity contribution in [2.45, 2.75) is 23.1 Å². The molecule has 0 spiro atoms. The van der Waals surface area contributed by atoms with Gasteiger partial charge in [0.25, 0.3) is 23.4 Å². The molecule has 0 atom stereocenters. The maximum atomic E-state index is 13.5. The van der Waals surface area contributed by atoms with Crippen LogP contribution in [0.5, 0.6) is 0 Å². The van der Waals surface area contributed by atoms with E-state index in [1.165, 1.54) is 28.4 Å². The number of benzene rings is 4. The fraction of sp³-hybridized carbons (Fsp3) is 0.0606. The molecule has 2 N–H and O–H groups in total. The van der Waals surface area contributed by atoms with E-state index in [-0.39, 0.29) is 27.8 Å². The number of aryl methyl sites for hydroxylation is 2. The van der Waals surface area contributed by atoms with Crippen LogP contribution in [0.4, 0.5) is 17.1 Å². The molecule has 1 aliphatic rings. The van der Waals surface area contributed by atoms with Gasteiger partial charge in [-0.2, -0.15) is 0 Å². The second kappa shape index (κ2) is 13.0. The van der Waals surface area contributed by atoms with Crippen LogP contribution in [-0.4, -0.2) is 32.7 Å². The number of nitro benzene ring substituents is 1. The van der Waals surface area contributed by atoms with E-state index < -0.39 is 16.7 Å². The highest BCUT2D eigenvalue weighted by atomic mass is 35.5. The van der Waals surface area contributed by atoms with E-state index in [0.29, 0.717) is 36.7 Å². The number of halogens is 1. The Kier molecular flexibility index (Phi) is 8.88. The average molecular weight is 700 g/mol. The number of hydrogen-bond acceptors (Lipinski definition) is 9. The summed E-state index contributed by atoms with van der Waals surface area (Å²) in [7, 11) is 0. The number of amides is 3. The van der Waals surface area contributed by atoms with Gasteiger partial charge < -0.3 is 5.32 Å². The summed E-state index contributed by atoms with van der Waals surface area (Å²) in [5, 5.41) is 18.0. The van der Waals surface area contributed by atoms with Crippen LogP contribution in [0.15, 0.2) is 93.7 Å². The van der Waals surface area contributed by atoms with Crippen LogP contribution in [0.3, 0.4) is 0 Å². The van der Waals surface area contributed by atoms with Gasteiger partial charge >= 0.3 is 0 Å². The number of thiocarbonyl (C=S) groups is 1. The molecule has 4 aromatic carbocycles. The van der Waals surface area contributed by atoms with Gasteiger partial charge in [0.1, 0.15) is 5.57 Å². The fourth-order valence-corrected chi connectivity index (χ4v) is 7.47. The van der Waals surface area contributed by atoms with Crippen molar-refractivity contribution < 1.29 is 19.3 Å². The third-order valence-corrected chi connectivity index (χ3v) is 9.67. The lowest BCUT2D eigenvalue weighted by molar-refractivity contribution is -0.387. The van der Waals surface area contributed by atoms with Crippen molar-refractivity contribution in [2.24, 2.45) is 0 Å². The third kappa shape index (κ3) is 6.93. The number of nitrogens with one attached hydrogen (secondary N) is 2. The largest absolute Gasteiger partial charge is 0.322 e. The molecule has 1 aliphatic heterocycles. The van der Waals surface area contributed by atoms with Gasteiger partial charge in [-0.1, -0.05) is 35.5 Å². The zero-order chi connectivity index (χ0) is 33.4. The number of thiazole rings is 1. The number of rotatable bonds is 7. The summed E-state index contributed by atoms with van der Waals surface area (Å²) >= 11 is 13.6. The molecule has 2 heterocycles. The maximum Gasteiger partial charge on any atom is 0.283 e. The van der Waals surface area contributed by atoms with Crippen LogP contribution in [0.25, 0.3) is 16.3 Å². The molecule has 3 amide bonds. The van der Waals surface area contributed by atoms with E-state index in [4.69, 9.17) is 23.8 Å². The minimum absolute atomic E-state index is 0.0493. The Bertz CT molecular complexity index is 2160. The molecule has 10 nitrogen and oxygen atoms in total. The molecule has 0 bridgehead atoms. The smallest absolute Gasteiger partial charge is 0.283 e. The third-order valence-electron chi connectivity index (χ3n) is 6.99. The lowest BCUT2D eigenvalue weighted by atomic mass is 10.1.